The molecule has 0 spiro atoms. The summed E-state index contributed by atoms with van der Waals surface area (Å²) in [5.74, 6) is -1.19. The second kappa shape index (κ2) is 6.93. The number of hydrogen-bond donors (Lipinski definition) is 0. The number of likely N-dealkylation sites (N-methyl/N-ethyl adjacent to an activating group) is 1. The Labute approximate surface area is 146 Å². The highest BCUT2D eigenvalue weighted by Crippen LogP contribution is 2.32. The summed E-state index contributed by atoms with van der Waals surface area (Å²) >= 11 is 0. The van der Waals surface area contributed by atoms with Crippen molar-refractivity contribution in [3.63, 3.8) is 0 Å². The molecule has 130 valence electrons. The number of amides is 1. The predicted molar refractivity (Wildman–Crippen MR) is 91.3 cm³/mol. The first kappa shape index (κ1) is 17.0. The summed E-state index contributed by atoms with van der Waals surface area (Å²) < 4.78 is 7.00. The summed E-state index contributed by atoms with van der Waals surface area (Å²) in [5, 5.41) is 0. The molecule has 0 N–H and O–H groups in total. The van der Waals surface area contributed by atoms with Crippen molar-refractivity contribution in [1.82, 2.24) is 9.47 Å². The normalized spacial score (nSPS) is 15.5. The summed E-state index contributed by atoms with van der Waals surface area (Å²) in [7, 11) is 3.22. The lowest BCUT2D eigenvalue weighted by molar-refractivity contribution is -0.152. The molecule has 1 aromatic heterocycles. The van der Waals surface area contributed by atoms with Crippen LogP contribution in [0.1, 0.15) is 34.1 Å². The Hall–Kier alpha value is -2.89. The van der Waals surface area contributed by atoms with Crippen molar-refractivity contribution < 1.29 is 19.1 Å². The molecule has 25 heavy (non-hydrogen) atoms. The van der Waals surface area contributed by atoms with Gasteiger partial charge < -0.3 is 14.2 Å². The largest absolute Gasteiger partial charge is 0.455 e. The number of ether oxygens (including phenoxy) is 1. The zero-order valence-electron chi connectivity index (χ0n) is 14.3. The molecule has 2 heterocycles. The number of aromatic nitrogens is 1. The van der Waals surface area contributed by atoms with Crippen LogP contribution in [0.4, 0.5) is 0 Å². The van der Waals surface area contributed by atoms with E-state index in [0.717, 1.165) is 5.69 Å². The minimum Gasteiger partial charge on any atom is -0.455 e. The van der Waals surface area contributed by atoms with E-state index in [-0.39, 0.29) is 18.3 Å². The molecule has 6 nitrogen and oxygen atoms in total. The molecule has 0 bridgehead atoms. The van der Waals surface area contributed by atoms with Crippen LogP contribution >= 0.6 is 0 Å². The molecular formula is C19H20N2O4. The van der Waals surface area contributed by atoms with Crippen LogP contribution in [0, 0.1) is 0 Å². The van der Waals surface area contributed by atoms with Crippen molar-refractivity contribution >= 4 is 17.7 Å². The zero-order chi connectivity index (χ0) is 18.0. The van der Waals surface area contributed by atoms with Crippen LogP contribution < -0.4 is 0 Å². The Morgan fingerprint density at radius 3 is 2.52 bits per heavy atom. The Morgan fingerprint density at radius 1 is 1.12 bits per heavy atom. The maximum atomic E-state index is 12.6. The molecule has 1 amide bonds. The Morgan fingerprint density at radius 2 is 1.84 bits per heavy atom. The SMILES string of the molecule is CN(C)C(=O)COC(=O)[C@@H]1CCn2c(C(=O)c3ccccc3)ccc21. The quantitative estimate of drug-likeness (QED) is 0.615. The van der Waals surface area contributed by atoms with Gasteiger partial charge in [0.05, 0.1) is 11.6 Å². The minimum atomic E-state index is -0.438. The van der Waals surface area contributed by atoms with Gasteiger partial charge in [0.2, 0.25) is 5.78 Å². The number of hydrogen-bond acceptors (Lipinski definition) is 4. The average molecular weight is 340 g/mol. The first-order valence-corrected chi connectivity index (χ1v) is 8.15. The van der Waals surface area contributed by atoms with Gasteiger partial charge in [-0.25, -0.2) is 0 Å². The molecule has 0 unspecified atom stereocenters. The Bertz CT molecular complexity index is 808. The monoisotopic (exact) mass is 340 g/mol. The number of nitrogens with zero attached hydrogens (tertiary/aromatic N) is 2. The van der Waals surface area contributed by atoms with Gasteiger partial charge in [-0.15, -0.1) is 0 Å². The number of esters is 1. The van der Waals surface area contributed by atoms with Crippen LogP contribution in [0.15, 0.2) is 42.5 Å². The molecule has 3 rings (SSSR count). The molecule has 0 aliphatic carbocycles. The fourth-order valence-corrected chi connectivity index (χ4v) is 2.98. The summed E-state index contributed by atoms with van der Waals surface area (Å²) in [6.07, 6.45) is 0.570. The topological polar surface area (TPSA) is 68.6 Å². The van der Waals surface area contributed by atoms with Crippen LogP contribution in [0.3, 0.4) is 0 Å². The second-order valence-corrected chi connectivity index (χ2v) is 6.23. The van der Waals surface area contributed by atoms with Gasteiger partial charge in [-0.1, -0.05) is 30.3 Å². The van der Waals surface area contributed by atoms with E-state index in [0.29, 0.717) is 24.2 Å². The zero-order valence-corrected chi connectivity index (χ0v) is 14.3. The lowest BCUT2D eigenvalue weighted by atomic mass is 10.1. The first-order chi connectivity index (χ1) is 12.0. The molecule has 1 atom stereocenters. The molecule has 1 aromatic carbocycles. The third kappa shape index (κ3) is 3.33. The van der Waals surface area contributed by atoms with E-state index in [2.05, 4.69) is 0 Å². The smallest absolute Gasteiger partial charge is 0.315 e. The number of rotatable bonds is 5. The molecule has 2 aromatic rings. The van der Waals surface area contributed by atoms with Gasteiger partial charge >= 0.3 is 5.97 Å². The van der Waals surface area contributed by atoms with Gasteiger partial charge in [0.25, 0.3) is 5.91 Å². The van der Waals surface area contributed by atoms with Gasteiger partial charge in [-0.05, 0) is 18.6 Å². The first-order valence-electron chi connectivity index (χ1n) is 8.15. The molecule has 0 radical (unpaired) electrons. The average Bonchev–Trinajstić information content (AvgIpc) is 3.21. The van der Waals surface area contributed by atoms with Crippen LogP contribution in [-0.2, 0) is 20.9 Å². The summed E-state index contributed by atoms with van der Waals surface area (Å²) in [5.41, 5.74) is 1.95. The second-order valence-electron chi connectivity index (χ2n) is 6.23. The molecule has 1 aliphatic heterocycles. The van der Waals surface area contributed by atoms with E-state index in [9.17, 15) is 14.4 Å². The van der Waals surface area contributed by atoms with Gasteiger partial charge in [0.15, 0.2) is 6.61 Å². The van der Waals surface area contributed by atoms with E-state index < -0.39 is 11.9 Å². The van der Waals surface area contributed by atoms with Crippen LogP contribution in [-0.4, -0.2) is 47.8 Å². The highest BCUT2D eigenvalue weighted by Gasteiger charge is 2.33. The highest BCUT2D eigenvalue weighted by molar-refractivity contribution is 6.08. The van der Waals surface area contributed by atoms with Gasteiger partial charge in [0, 0.05) is 31.9 Å². The summed E-state index contributed by atoms with van der Waals surface area (Å²) in [6.45, 7) is 0.316. The standard InChI is InChI=1S/C19H20N2O4/c1-20(2)17(22)12-25-19(24)14-10-11-21-15(14)8-9-16(21)18(23)13-6-4-3-5-7-13/h3-9,14H,10-12H2,1-2H3/t14-/m1/s1. The Kier molecular flexibility index (Phi) is 4.70. The summed E-state index contributed by atoms with van der Waals surface area (Å²) in [4.78, 5) is 37.9. The van der Waals surface area contributed by atoms with E-state index in [1.165, 1.54) is 4.90 Å². The van der Waals surface area contributed by atoms with Gasteiger partial charge in [0.1, 0.15) is 0 Å². The van der Waals surface area contributed by atoms with E-state index >= 15 is 0 Å². The summed E-state index contributed by atoms with van der Waals surface area (Å²) in [6, 6.07) is 12.6. The highest BCUT2D eigenvalue weighted by atomic mass is 16.5. The third-order valence-electron chi connectivity index (χ3n) is 4.40. The van der Waals surface area contributed by atoms with Crippen molar-refractivity contribution in [2.75, 3.05) is 20.7 Å². The van der Waals surface area contributed by atoms with E-state index in [1.54, 1.807) is 38.4 Å². The number of carbonyl (C=O) groups is 3. The Balaban J connectivity index is 1.74. The molecule has 0 saturated heterocycles. The van der Waals surface area contributed by atoms with Crippen LogP contribution in [0.25, 0.3) is 0 Å². The fourth-order valence-electron chi connectivity index (χ4n) is 2.98. The molecule has 6 heteroatoms. The molecular weight excluding hydrogens is 320 g/mol. The predicted octanol–water partition coefficient (Wildman–Crippen LogP) is 1.84. The van der Waals surface area contributed by atoms with Crippen LogP contribution in [0.5, 0.6) is 0 Å². The molecule has 0 fully saturated rings. The third-order valence-corrected chi connectivity index (χ3v) is 4.40. The van der Waals surface area contributed by atoms with Crippen molar-refractivity contribution in [2.24, 2.45) is 0 Å². The lowest BCUT2D eigenvalue weighted by Gasteiger charge is -2.12. The fraction of sp³-hybridized carbons (Fsp3) is 0.316. The number of carbonyl (C=O) groups excluding carboxylic acids is 3. The van der Waals surface area contributed by atoms with Crippen molar-refractivity contribution in [2.45, 2.75) is 18.9 Å². The van der Waals surface area contributed by atoms with Crippen molar-refractivity contribution in [1.29, 1.82) is 0 Å². The number of ketones is 1. The maximum Gasteiger partial charge on any atom is 0.315 e. The van der Waals surface area contributed by atoms with E-state index in [1.807, 2.05) is 22.8 Å². The van der Waals surface area contributed by atoms with Gasteiger partial charge in [-0.2, -0.15) is 0 Å². The van der Waals surface area contributed by atoms with Crippen LogP contribution in [0.2, 0.25) is 0 Å². The molecule has 1 aliphatic rings. The molecule has 0 saturated carbocycles. The number of fused-ring (bicyclic) bond motifs is 1. The maximum absolute atomic E-state index is 12.6. The van der Waals surface area contributed by atoms with Gasteiger partial charge in [-0.3, -0.25) is 14.4 Å². The van der Waals surface area contributed by atoms with Crippen molar-refractivity contribution in [3.8, 4) is 0 Å². The minimum absolute atomic E-state index is 0.0661. The number of benzene rings is 1. The van der Waals surface area contributed by atoms with Crippen molar-refractivity contribution in [3.05, 3.63) is 59.4 Å². The van der Waals surface area contributed by atoms with E-state index in [4.69, 9.17) is 4.74 Å². The lowest BCUT2D eigenvalue weighted by Crippen LogP contribution is -2.28.